The molecular formula is C13H13N3O4. The van der Waals surface area contributed by atoms with E-state index in [0.29, 0.717) is 5.69 Å². The fourth-order valence-corrected chi connectivity index (χ4v) is 1.39. The lowest BCUT2D eigenvalue weighted by molar-refractivity contribution is 0.210. The number of carbonyl (C=O) groups is 1. The molecule has 1 heterocycles. The van der Waals surface area contributed by atoms with Gasteiger partial charge in [0, 0.05) is 5.69 Å². The zero-order chi connectivity index (χ0) is 14.4. The molecule has 0 radical (unpaired) electrons. The molecular weight excluding hydrogens is 262 g/mol. The molecule has 1 amide bonds. The van der Waals surface area contributed by atoms with Gasteiger partial charge in [0.2, 0.25) is 11.8 Å². The molecule has 7 heteroatoms. The van der Waals surface area contributed by atoms with Crippen LogP contribution in [-0.4, -0.2) is 30.3 Å². The maximum absolute atomic E-state index is 11.7. The summed E-state index contributed by atoms with van der Waals surface area (Å²) >= 11 is 0. The van der Waals surface area contributed by atoms with Gasteiger partial charge in [-0.3, -0.25) is 5.32 Å². The smallest absolute Gasteiger partial charge is 0.419 e. The number of ether oxygens (including phenoxy) is 3. The number of anilines is 1. The summed E-state index contributed by atoms with van der Waals surface area (Å²) in [7, 11) is 2.88. The van der Waals surface area contributed by atoms with Gasteiger partial charge in [-0.1, -0.05) is 18.2 Å². The van der Waals surface area contributed by atoms with Crippen LogP contribution in [0.2, 0.25) is 0 Å². The highest BCUT2D eigenvalue weighted by molar-refractivity contribution is 5.85. The lowest BCUT2D eigenvalue weighted by Gasteiger charge is -2.07. The minimum atomic E-state index is -0.702. The van der Waals surface area contributed by atoms with Gasteiger partial charge < -0.3 is 14.2 Å². The lowest BCUT2D eigenvalue weighted by Crippen LogP contribution is -2.18. The first kappa shape index (κ1) is 13.6. The third-order valence-corrected chi connectivity index (χ3v) is 2.28. The third-order valence-electron chi connectivity index (χ3n) is 2.28. The Morgan fingerprint density at radius 2 is 1.65 bits per heavy atom. The maximum atomic E-state index is 11.7. The van der Waals surface area contributed by atoms with Gasteiger partial charge in [-0.15, -0.1) is 0 Å². The molecule has 0 aliphatic carbocycles. The van der Waals surface area contributed by atoms with E-state index in [1.165, 1.54) is 20.3 Å². The highest BCUT2D eigenvalue weighted by atomic mass is 16.6. The Labute approximate surface area is 115 Å². The molecule has 0 saturated heterocycles. The van der Waals surface area contributed by atoms with Crippen molar-refractivity contribution in [3.05, 3.63) is 36.4 Å². The predicted molar refractivity (Wildman–Crippen MR) is 71.2 cm³/mol. The van der Waals surface area contributed by atoms with E-state index in [2.05, 4.69) is 15.3 Å². The number of para-hydroxylation sites is 1. The van der Waals surface area contributed by atoms with Crippen LogP contribution in [-0.2, 0) is 0 Å². The van der Waals surface area contributed by atoms with Crippen LogP contribution < -0.4 is 19.5 Å². The average molecular weight is 275 g/mol. The minimum absolute atomic E-state index is 0.158. The Morgan fingerprint density at radius 1 is 1.05 bits per heavy atom. The van der Waals surface area contributed by atoms with Crippen LogP contribution in [0.1, 0.15) is 0 Å². The van der Waals surface area contributed by atoms with Crippen LogP contribution >= 0.6 is 0 Å². The van der Waals surface area contributed by atoms with Crippen molar-refractivity contribution in [1.29, 1.82) is 0 Å². The number of rotatable bonds is 4. The van der Waals surface area contributed by atoms with Gasteiger partial charge in [-0.25, -0.2) is 4.79 Å². The van der Waals surface area contributed by atoms with Crippen LogP contribution in [0.15, 0.2) is 36.4 Å². The average Bonchev–Trinajstić information content (AvgIpc) is 2.47. The molecule has 0 aliphatic rings. The van der Waals surface area contributed by atoms with Crippen molar-refractivity contribution in [1.82, 2.24) is 9.97 Å². The molecule has 0 spiro atoms. The molecule has 0 saturated carbocycles. The third kappa shape index (κ3) is 3.58. The van der Waals surface area contributed by atoms with Gasteiger partial charge in [-0.2, -0.15) is 9.97 Å². The van der Waals surface area contributed by atoms with E-state index in [1.807, 2.05) is 6.07 Å². The van der Waals surface area contributed by atoms with Crippen molar-refractivity contribution in [2.75, 3.05) is 19.5 Å². The van der Waals surface area contributed by atoms with Gasteiger partial charge in [0.1, 0.15) is 0 Å². The molecule has 2 rings (SSSR count). The molecule has 0 bridgehead atoms. The molecule has 104 valence electrons. The van der Waals surface area contributed by atoms with E-state index >= 15 is 0 Å². The quantitative estimate of drug-likeness (QED) is 0.920. The highest BCUT2D eigenvalue weighted by Gasteiger charge is 2.11. The summed E-state index contributed by atoms with van der Waals surface area (Å²) < 4.78 is 14.9. The van der Waals surface area contributed by atoms with Gasteiger partial charge in [0.05, 0.1) is 20.3 Å². The van der Waals surface area contributed by atoms with Crippen molar-refractivity contribution in [2.24, 2.45) is 0 Å². The van der Waals surface area contributed by atoms with Crippen LogP contribution in [0.3, 0.4) is 0 Å². The Balaban J connectivity index is 2.07. The second-order valence-electron chi connectivity index (χ2n) is 3.62. The summed E-state index contributed by atoms with van der Waals surface area (Å²) in [4.78, 5) is 19.5. The topological polar surface area (TPSA) is 82.6 Å². The number of methoxy groups -OCH3 is 2. The minimum Gasteiger partial charge on any atom is -0.481 e. The summed E-state index contributed by atoms with van der Waals surface area (Å²) in [6.45, 7) is 0. The first-order valence-corrected chi connectivity index (χ1v) is 5.72. The normalized spacial score (nSPS) is 9.70. The standard InChI is InChI=1S/C13H13N3O4/c1-18-10-8-11(19-2)16-12(15-10)20-13(17)14-9-6-4-3-5-7-9/h3-8H,1-2H3,(H,14,17). The Kier molecular flexibility index (Phi) is 4.33. The zero-order valence-corrected chi connectivity index (χ0v) is 11.0. The van der Waals surface area contributed by atoms with Crippen molar-refractivity contribution in [2.45, 2.75) is 0 Å². The van der Waals surface area contributed by atoms with Crippen LogP contribution in [0.4, 0.5) is 10.5 Å². The van der Waals surface area contributed by atoms with E-state index < -0.39 is 6.09 Å². The monoisotopic (exact) mass is 275 g/mol. The molecule has 7 nitrogen and oxygen atoms in total. The van der Waals surface area contributed by atoms with Gasteiger partial charge >= 0.3 is 12.1 Å². The van der Waals surface area contributed by atoms with Crippen LogP contribution in [0, 0.1) is 0 Å². The number of hydrogen-bond donors (Lipinski definition) is 1. The van der Waals surface area contributed by atoms with Gasteiger partial charge in [0.15, 0.2) is 0 Å². The fraction of sp³-hybridized carbons (Fsp3) is 0.154. The van der Waals surface area contributed by atoms with Crippen molar-refractivity contribution < 1.29 is 19.0 Å². The highest BCUT2D eigenvalue weighted by Crippen LogP contribution is 2.19. The van der Waals surface area contributed by atoms with E-state index in [-0.39, 0.29) is 17.8 Å². The second kappa shape index (κ2) is 6.37. The number of aromatic nitrogens is 2. The van der Waals surface area contributed by atoms with E-state index in [9.17, 15) is 4.79 Å². The first-order chi connectivity index (χ1) is 9.71. The summed E-state index contributed by atoms with van der Waals surface area (Å²) in [6, 6.07) is 10.2. The van der Waals surface area contributed by atoms with Crippen molar-refractivity contribution >= 4 is 11.8 Å². The SMILES string of the molecule is COc1cc(OC)nc(OC(=O)Nc2ccccc2)n1. The van der Waals surface area contributed by atoms with Crippen molar-refractivity contribution in [3.63, 3.8) is 0 Å². The fourth-order valence-electron chi connectivity index (χ4n) is 1.39. The van der Waals surface area contributed by atoms with Crippen LogP contribution in [0.5, 0.6) is 17.8 Å². The van der Waals surface area contributed by atoms with Crippen molar-refractivity contribution in [3.8, 4) is 17.8 Å². The summed E-state index contributed by atoms with van der Waals surface area (Å²) in [5.74, 6) is 0.471. The molecule has 0 fully saturated rings. The lowest BCUT2D eigenvalue weighted by atomic mass is 10.3. The molecule has 1 aromatic carbocycles. The zero-order valence-electron chi connectivity index (χ0n) is 11.0. The number of carbonyl (C=O) groups excluding carboxylic acids is 1. The summed E-state index contributed by atoms with van der Waals surface area (Å²) in [6.07, 6.45) is -0.702. The summed E-state index contributed by atoms with van der Waals surface area (Å²) in [5.41, 5.74) is 0.604. The van der Waals surface area contributed by atoms with E-state index in [4.69, 9.17) is 14.2 Å². The Bertz CT molecular complexity index is 567. The second-order valence-corrected chi connectivity index (χ2v) is 3.62. The molecule has 0 aliphatic heterocycles. The molecule has 1 N–H and O–H groups in total. The largest absolute Gasteiger partial charge is 0.481 e. The first-order valence-electron chi connectivity index (χ1n) is 5.72. The molecule has 1 aromatic heterocycles. The Hall–Kier alpha value is -2.83. The number of nitrogens with one attached hydrogen (secondary N) is 1. The van der Waals surface area contributed by atoms with Crippen LogP contribution in [0.25, 0.3) is 0 Å². The predicted octanol–water partition coefficient (Wildman–Crippen LogP) is 2.10. The number of amides is 1. The maximum Gasteiger partial charge on any atom is 0.419 e. The number of benzene rings is 1. The number of nitrogens with zero attached hydrogens (tertiary/aromatic N) is 2. The molecule has 0 atom stereocenters. The van der Waals surface area contributed by atoms with E-state index in [0.717, 1.165) is 0 Å². The molecule has 2 aromatic rings. The van der Waals surface area contributed by atoms with E-state index in [1.54, 1.807) is 24.3 Å². The number of hydrogen-bond acceptors (Lipinski definition) is 6. The van der Waals surface area contributed by atoms with Gasteiger partial charge in [0.25, 0.3) is 0 Å². The summed E-state index contributed by atoms with van der Waals surface area (Å²) in [5, 5.41) is 2.54. The Morgan fingerprint density at radius 3 is 2.20 bits per heavy atom. The molecule has 0 unspecified atom stereocenters. The molecule has 20 heavy (non-hydrogen) atoms. The van der Waals surface area contributed by atoms with Gasteiger partial charge in [-0.05, 0) is 12.1 Å².